The van der Waals surface area contributed by atoms with Crippen LogP contribution in [0.3, 0.4) is 0 Å². The molecule has 6 heteroatoms. The number of nitrogens with zero attached hydrogens (tertiary/aromatic N) is 2. The number of nitriles is 1. The number of hydrogen-bond acceptors (Lipinski definition) is 3. The van der Waals surface area contributed by atoms with Gasteiger partial charge in [-0.3, -0.25) is 9.59 Å². The topological polar surface area (TPSA) is 70.3 Å². The second kappa shape index (κ2) is 6.58. The van der Waals surface area contributed by atoms with Gasteiger partial charge < -0.3 is 0 Å². The third kappa shape index (κ3) is 2.97. The van der Waals surface area contributed by atoms with E-state index in [2.05, 4.69) is 4.99 Å². The van der Waals surface area contributed by atoms with E-state index in [1.807, 2.05) is 0 Å². The quantitative estimate of drug-likeness (QED) is 0.623. The summed E-state index contributed by atoms with van der Waals surface area (Å²) in [6, 6.07) is 15.8. The summed E-state index contributed by atoms with van der Waals surface area (Å²) < 4.78 is 14.2. The lowest BCUT2D eigenvalue weighted by Gasteiger charge is -2.31. The summed E-state index contributed by atoms with van der Waals surface area (Å²) in [4.78, 5) is 26.7. The SMILES string of the molecule is N#C[C@]1(Cl)C(=O)N=C(C(=O)c2ccccc2)C[C@@H]1c1ccccc1F. The average molecular weight is 355 g/mol. The predicted molar refractivity (Wildman–Crippen MR) is 91.2 cm³/mol. The Labute approximate surface area is 148 Å². The maximum Gasteiger partial charge on any atom is 0.282 e. The molecule has 0 unspecified atom stereocenters. The molecular formula is C19H12ClFN2O2. The van der Waals surface area contributed by atoms with Crippen LogP contribution in [0.5, 0.6) is 0 Å². The van der Waals surface area contributed by atoms with Gasteiger partial charge in [0.1, 0.15) is 5.82 Å². The van der Waals surface area contributed by atoms with E-state index in [0.29, 0.717) is 5.56 Å². The molecule has 0 radical (unpaired) electrons. The molecule has 0 saturated heterocycles. The number of amides is 1. The Bertz CT molecular complexity index is 921. The summed E-state index contributed by atoms with van der Waals surface area (Å²) in [5, 5.41) is 9.41. The molecule has 0 spiro atoms. The van der Waals surface area contributed by atoms with Crippen molar-refractivity contribution in [3.05, 3.63) is 71.5 Å². The lowest BCUT2D eigenvalue weighted by Crippen LogP contribution is -2.43. The van der Waals surface area contributed by atoms with Crippen molar-refractivity contribution in [1.82, 2.24) is 0 Å². The number of benzene rings is 2. The number of aliphatic imine (C=N–C) groups is 1. The van der Waals surface area contributed by atoms with Crippen LogP contribution in [-0.4, -0.2) is 22.3 Å². The number of rotatable bonds is 3. The van der Waals surface area contributed by atoms with Crippen molar-refractivity contribution >= 4 is 29.0 Å². The zero-order chi connectivity index (χ0) is 18.0. The van der Waals surface area contributed by atoms with Gasteiger partial charge in [-0.25, -0.2) is 9.38 Å². The van der Waals surface area contributed by atoms with Crippen LogP contribution in [0.4, 0.5) is 4.39 Å². The number of carbonyl (C=O) groups excluding carboxylic acids is 2. The molecule has 0 saturated carbocycles. The summed E-state index contributed by atoms with van der Waals surface area (Å²) in [5.41, 5.74) is 0.442. The molecule has 1 heterocycles. The molecule has 0 aliphatic carbocycles. The monoisotopic (exact) mass is 354 g/mol. The third-order valence-corrected chi connectivity index (χ3v) is 4.68. The lowest BCUT2D eigenvalue weighted by atomic mass is 9.78. The normalized spacial score (nSPS) is 22.8. The first kappa shape index (κ1) is 17.0. The fourth-order valence-corrected chi connectivity index (χ4v) is 3.08. The first-order chi connectivity index (χ1) is 12.0. The average Bonchev–Trinajstić information content (AvgIpc) is 2.64. The van der Waals surface area contributed by atoms with Crippen LogP contribution >= 0.6 is 11.6 Å². The highest BCUT2D eigenvalue weighted by atomic mass is 35.5. The van der Waals surface area contributed by atoms with Crippen LogP contribution in [0.15, 0.2) is 59.6 Å². The summed E-state index contributed by atoms with van der Waals surface area (Å²) in [6.07, 6.45) is -0.0997. The minimum absolute atomic E-state index is 0.0315. The Morgan fingerprint density at radius 2 is 1.84 bits per heavy atom. The Hall–Kier alpha value is -2.84. The van der Waals surface area contributed by atoms with Crippen molar-refractivity contribution in [2.75, 3.05) is 0 Å². The second-order valence-electron chi connectivity index (χ2n) is 5.66. The minimum Gasteiger partial charge on any atom is -0.287 e. The number of hydrogen-bond donors (Lipinski definition) is 0. The molecule has 0 aromatic heterocycles. The van der Waals surface area contributed by atoms with Gasteiger partial charge in [-0.1, -0.05) is 60.1 Å². The van der Waals surface area contributed by atoms with Gasteiger partial charge in [-0.2, -0.15) is 5.26 Å². The van der Waals surface area contributed by atoms with Crippen molar-refractivity contribution < 1.29 is 14.0 Å². The third-order valence-electron chi connectivity index (χ3n) is 4.17. The molecule has 0 bridgehead atoms. The van der Waals surface area contributed by atoms with E-state index >= 15 is 0 Å². The Kier molecular flexibility index (Phi) is 4.47. The van der Waals surface area contributed by atoms with Crippen LogP contribution < -0.4 is 0 Å². The predicted octanol–water partition coefficient (Wildman–Crippen LogP) is 3.66. The van der Waals surface area contributed by atoms with Crippen molar-refractivity contribution in [2.24, 2.45) is 4.99 Å². The first-order valence-corrected chi connectivity index (χ1v) is 7.91. The van der Waals surface area contributed by atoms with Crippen LogP contribution in [0.2, 0.25) is 0 Å². The Morgan fingerprint density at radius 1 is 1.20 bits per heavy atom. The summed E-state index contributed by atoms with van der Waals surface area (Å²) in [5.74, 6) is -2.98. The van der Waals surface area contributed by atoms with E-state index in [0.717, 1.165) is 0 Å². The van der Waals surface area contributed by atoms with Gasteiger partial charge in [-0.05, 0) is 11.6 Å². The van der Waals surface area contributed by atoms with E-state index in [-0.39, 0.29) is 17.7 Å². The van der Waals surface area contributed by atoms with Crippen molar-refractivity contribution in [3.8, 4) is 6.07 Å². The molecule has 0 fully saturated rings. The molecule has 2 aromatic carbocycles. The van der Waals surface area contributed by atoms with Crippen molar-refractivity contribution in [2.45, 2.75) is 17.2 Å². The van der Waals surface area contributed by atoms with Gasteiger partial charge in [0.2, 0.25) is 10.7 Å². The highest BCUT2D eigenvalue weighted by Crippen LogP contribution is 2.42. The molecule has 0 N–H and O–H groups in total. The summed E-state index contributed by atoms with van der Waals surface area (Å²) >= 11 is 6.20. The first-order valence-electron chi connectivity index (χ1n) is 7.53. The standard InChI is InChI=1S/C19H12ClFN2O2/c20-19(11-22)14(13-8-4-5-9-15(13)21)10-16(23-18(19)25)17(24)12-6-2-1-3-7-12/h1-9,14H,10H2/t14-,19-/m1/s1. The fraction of sp³-hybridized carbons (Fsp3) is 0.158. The molecule has 2 atom stereocenters. The van der Waals surface area contributed by atoms with Gasteiger partial charge in [0.25, 0.3) is 5.91 Å². The lowest BCUT2D eigenvalue weighted by molar-refractivity contribution is -0.119. The molecule has 3 rings (SSSR count). The van der Waals surface area contributed by atoms with E-state index in [1.54, 1.807) is 42.5 Å². The summed E-state index contributed by atoms with van der Waals surface area (Å²) in [6.45, 7) is 0. The Morgan fingerprint density at radius 3 is 2.48 bits per heavy atom. The minimum atomic E-state index is -2.04. The number of ketones is 1. The fourth-order valence-electron chi connectivity index (χ4n) is 2.84. The van der Waals surface area contributed by atoms with E-state index in [4.69, 9.17) is 11.6 Å². The van der Waals surface area contributed by atoms with Gasteiger partial charge in [0.15, 0.2) is 0 Å². The smallest absolute Gasteiger partial charge is 0.282 e. The molecule has 1 aliphatic rings. The Balaban J connectivity index is 2.07. The second-order valence-corrected chi connectivity index (χ2v) is 6.26. The van der Waals surface area contributed by atoms with Crippen molar-refractivity contribution in [1.29, 1.82) is 5.26 Å². The maximum atomic E-state index is 14.2. The number of halogens is 2. The van der Waals surface area contributed by atoms with Crippen LogP contribution in [0, 0.1) is 17.1 Å². The maximum absolute atomic E-state index is 14.2. The van der Waals surface area contributed by atoms with Gasteiger partial charge in [-0.15, -0.1) is 0 Å². The number of alkyl halides is 1. The molecule has 1 aliphatic heterocycles. The molecule has 124 valence electrons. The zero-order valence-corrected chi connectivity index (χ0v) is 13.7. The van der Waals surface area contributed by atoms with Crippen molar-refractivity contribution in [3.63, 3.8) is 0 Å². The molecular weight excluding hydrogens is 343 g/mol. The largest absolute Gasteiger partial charge is 0.287 e. The molecule has 4 nitrogen and oxygen atoms in total. The number of Topliss-reactive ketones (excluding diaryl/α,β-unsaturated/α-hetero) is 1. The van der Waals surface area contributed by atoms with Gasteiger partial charge in [0, 0.05) is 17.9 Å². The molecule has 25 heavy (non-hydrogen) atoms. The summed E-state index contributed by atoms with van der Waals surface area (Å²) in [7, 11) is 0. The van der Waals surface area contributed by atoms with E-state index in [9.17, 15) is 19.2 Å². The van der Waals surface area contributed by atoms with E-state index < -0.39 is 28.3 Å². The molecule has 1 amide bonds. The van der Waals surface area contributed by atoms with Crippen LogP contribution in [0.1, 0.15) is 28.3 Å². The van der Waals surface area contributed by atoms with Crippen LogP contribution in [0.25, 0.3) is 0 Å². The van der Waals surface area contributed by atoms with Crippen LogP contribution in [-0.2, 0) is 4.79 Å². The van der Waals surface area contributed by atoms with Gasteiger partial charge >= 0.3 is 0 Å². The van der Waals surface area contributed by atoms with E-state index in [1.165, 1.54) is 18.2 Å². The zero-order valence-electron chi connectivity index (χ0n) is 12.9. The number of carbonyl (C=O) groups is 2. The molecule has 2 aromatic rings. The highest BCUT2D eigenvalue weighted by Gasteiger charge is 2.50. The van der Waals surface area contributed by atoms with Gasteiger partial charge in [0.05, 0.1) is 11.8 Å². The highest BCUT2D eigenvalue weighted by molar-refractivity contribution is 6.50.